The van der Waals surface area contributed by atoms with E-state index in [1.54, 1.807) is 4.80 Å². The Kier molecular flexibility index (Phi) is 10.2. The van der Waals surface area contributed by atoms with E-state index < -0.39 is 23.7 Å². The van der Waals surface area contributed by atoms with E-state index in [1.165, 1.54) is 5.57 Å². The molecule has 4 fully saturated rings. The number of rotatable bonds is 11. The van der Waals surface area contributed by atoms with Crippen LogP contribution < -0.4 is 5.73 Å². The number of nitrogens with two attached hydrogens (primary N) is 1. The molecule has 1 aliphatic heterocycles. The molecule has 1 aromatic heterocycles. The molecule has 0 spiro atoms. The fourth-order valence-corrected chi connectivity index (χ4v) is 12.8. The Bertz CT molecular complexity index is 1710. The standard InChI is InChI=1S/C43H65N5O6/c1-9-42(51,23-49)25-54-35-32(48-46-37(44)45-47-48)21-43-26-52-24-39(35,6)33(43)16-15-30-31(43)17-18-41(8)34(36(50)53-22-29-13-11-10-12-14-29)38(5,28(4)27(2)3)19-20-40(30,41)7/h10-14,17,27-28,30,32-35,49,51H,9,15-16,18-26H2,1-8H3,(H2,44,46)/t28-,30+,32-,33+,34-,35+,38-,39+,40-,41+,42?,43+/m1/s1. The number of hydrogen-bond acceptors (Lipinski definition) is 10. The summed E-state index contributed by atoms with van der Waals surface area (Å²) in [6.07, 6.45) is 7.93. The highest BCUT2D eigenvalue weighted by atomic mass is 16.5. The predicted octanol–water partition coefficient (Wildman–Crippen LogP) is 6.56. The first-order chi connectivity index (χ1) is 25.5. The van der Waals surface area contributed by atoms with Crippen LogP contribution in [0.5, 0.6) is 0 Å². The van der Waals surface area contributed by atoms with Crippen LogP contribution in [-0.4, -0.2) is 74.5 Å². The molecule has 4 aliphatic carbocycles. The fraction of sp³-hybridized carbons (Fsp3) is 0.767. The van der Waals surface area contributed by atoms with E-state index in [4.69, 9.17) is 19.9 Å². The number of aliphatic hydroxyl groups is 2. The van der Waals surface area contributed by atoms with Gasteiger partial charge in [-0.25, -0.2) is 0 Å². The molecule has 3 saturated carbocycles. The van der Waals surface area contributed by atoms with Gasteiger partial charge in [0, 0.05) is 10.8 Å². The minimum absolute atomic E-state index is 0.0161. The molecule has 12 atom stereocenters. The highest BCUT2D eigenvalue weighted by Crippen LogP contribution is 2.75. The van der Waals surface area contributed by atoms with E-state index in [0.717, 1.165) is 37.7 Å². The van der Waals surface area contributed by atoms with Gasteiger partial charge in [0.2, 0.25) is 0 Å². The van der Waals surface area contributed by atoms with Crippen molar-refractivity contribution in [2.24, 2.45) is 56.7 Å². The first-order valence-corrected chi connectivity index (χ1v) is 20.5. The van der Waals surface area contributed by atoms with Gasteiger partial charge in [-0.2, -0.15) is 4.80 Å². The SMILES string of the molecule is CCC(O)(CO)CO[C@H]1[C@H](n2nnc(N)n2)C[C@@]23COC[C@@]1(C)[C@@H]2CC[C@H]1C3=CC[C@@]2(C)[C@H](C(=O)OCc3ccccc3)[C@@](C)([C@H](C)C(C)C)CC[C@]12C. The Morgan fingerprint density at radius 1 is 1.09 bits per heavy atom. The number of fused-ring (bicyclic) bond motifs is 3. The van der Waals surface area contributed by atoms with Crippen molar-refractivity contribution in [1.29, 1.82) is 0 Å². The molecule has 54 heavy (non-hydrogen) atoms. The zero-order valence-corrected chi connectivity index (χ0v) is 33.9. The summed E-state index contributed by atoms with van der Waals surface area (Å²) in [5, 5.41) is 34.2. The lowest BCUT2D eigenvalue weighted by Crippen LogP contribution is -2.69. The zero-order valence-electron chi connectivity index (χ0n) is 33.9. The molecule has 298 valence electrons. The summed E-state index contributed by atoms with van der Waals surface area (Å²) in [4.78, 5) is 16.4. The maximum Gasteiger partial charge on any atom is 0.310 e. The van der Waals surface area contributed by atoms with Gasteiger partial charge in [-0.1, -0.05) is 102 Å². The molecule has 2 bridgehead atoms. The highest BCUT2D eigenvalue weighted by molar-refractivity contribution is 5.75. The van der Waals surface area contributed by atoms with E-state index in [0.29, 0.717) is 37.9 Å². The number of anilines is 1. The van der Waals surface area contributed by atoms with Crippen molar-refractivity contribution in [3.8, 4) is 0 Å². The maximum absolute atomic E-state index is 14.8. The number of nitrogens with zero attached hydrogens (tertiary/aromatic N) is 4. The largest absolute Gasteiger partial charge is 0.461 e. The number of ether oxygens (including phenoxy) is 3. The number of benzene rings is 1. The van der Waals surface area contributed by atoms with E-state index in [9.17, 15) is 15.0 Å². The lowest BCUT2D eigenvalue weighted by Gasteiger charge is -2.71. The van der Waals surface area contributed by atoms with Crippen LogP contribution in [-0.2, 0) is 25.6 Å². The Balaban J connectivity index is 1.29. The highest BCUT2D eigenvalue weighted by Gasteiger charge is 2.72. The second-order valence-corrected chi connectivity index (χ2v) is 19.3. The lowest BCUT2D eigenvalue weighted by atomic mass is 9.34. The van der Waals surface area contributed by atoms with Crippen molar-refractivity contribution in [3.63, 3.8) is 0 Å². The molecule has 1 aromatic carbocycles. The van der Waals surface area contributed by atoms with Gasteiger partial charge in [0.1, 0.15) is 18.2 Å². The molecular formula is C43H65N5O6. The van der Waals surface area contributed by atoms with Crippen molar-refractivity contribution >= 4 is 11.9 Å². The third-order valence-corrected chi connectivity index (χ3v) is 16.5. The quantitative estimate of drug-likeness (QED) is 0.170. The number of carbonyl (C=O) groups excluding carboxylic acids is 1. The fourth-order valence-electron chi connectivity index (χ4n) is 12.8. The minimum atomic E-state index is -1.36. The summed E-state index contributed by atoms with van der Waals surface area (Å²) < 4.78 is 19.7. The van der Waals surface area contributed by atoms with E-state index in [-0.39, 0.29) is 70.6 Å². The minimum Gasteiger partial charge on any atom is -0.461 e. The number of aliphatic hydroxyl groups excluding tert-OH is 1. The van der Waals surface area contributed by atoms with Gasteiger partial charge in [-0.05, 0) is 95.6 Å². The maximum atomic E-state index is 14.8. The monoisotopic (exact) mass is 747 g/mol. The molecule has 7 rings (SSSR count). The summed E-state index contributed by atoms with van der Waals surface area (Å²) in [6, 6.07) is 9.71. The number of esters is 1. The number of aromatic nitrogens is 4. The van der Waals surface area contributed by atoms with Gasteiger partial charge in [-0.15, -0.1) is 5.10 Å². The molecule has 0 radical (unpaired) electrons. The van der Waals surface area contributed by atoms with Crippen LogP contribution in [0.1, 0.15) is 112 Å². The average Bonchev–Trinajstić information content (AvgIpc) is 3.59. The smallest absolute Gasteiger partial charge is 0.310 e. The van der Waals surface area contributed by atoms with E-state index >= 15 is 0 Å². The molecule has 1 unspecified atom stereocenters. The van der Waals surface area contributed by atoms with Crippen LogP contribution in [0.3, 0.4) is 0 Å². The van der Waals surface area contributed by atoms with E-state index in [1.807, 2.05) is 37.3 Å². The number of allylic oxidation sites excluding steroid dienone is 1. The van der Waals surface area contributed by atoms with Crippen LogP contribution in [0.25, 0.3) is 0 Å². The summed E-state index contributed by atoms with van der Waals surface area (Å²) >= 11 is 0. The number of tetrazole rings is 1. The van der Waals surface area contributed by atoms with Gasteiger partial charge >= 0.3 is 5.97 Å². The Labute approximate surface area is 321 Å². The number of hydrogen-bond donors (Lipinski definition) is 3. The van der Waals surface area contributed by atoms with Gasteiger partial charge in [-0.3, -0.25) is 4.79 Å². The number of carbonyl (C=O) groups is 1. The van der Waals surface area contributed by atoms with Gasteiger partial charge in [0.05, 0.1) is 38.4 Å². The van der Waals surface area contributed by atoms with Gasteiger partial charge < -0.3 is 30.2 Å². The number of nitrogen functional groups attached to an aromatic ring is 1. The molecule has 11 heteroatoms. The third-order valence-electron chi connectivity index (χ3n) is 16.5. The first-order valence-electron chi connectivity index (χ1n) is 20.5. The summed E-state index contributed by atoms with van der Waals surface area (Å²) in [6.45, 7) is 19.3. The van der Waals surface area contributed by atoms with Crippen LogP contribution in [0.15, 0.2) is 42.0 Å². The van der Waals surface area contributed by atoms with Crippen LogP contribution >= 0.6 is 0 Å². The van der Waals surface area contributed by atoms with Crippen molar-refractivity contribution in [3.05, 3.63) is 47.5 Å². The third kappa shape index (κ3) is 5.88. The topological polar surface area (TPSA) is 155 Å². The molecule has 1 saturated heterocycles. The van der Waals surface area contributed by atoms with Crippen LogP contribution in [0, 0.1) is 56.7 Å². The van der Waals surface area contributed by atoms with Crippen LogP contribution in [0.2, 0.25) is 0 Å². The van der Waals surface area contributed by atoms with Crippen molar-refractivity contribution in [1.82, 2.24) is 20.2 Å². The zero-order chi connectivity index (χ0) is 38.9. The molecular weight excluding hydrogens is 683 g/mol. The molecule has 5 aliphatic rings. The van der Waals surface area contributed by atoms with Crippen molar-refractivity contribution < 1.29 is 29.2 Å². The van der Waals surface area contributed by atoms with Gasteiger partial charge in [0.15, 0.2) is 0 Å². The molecule has 4 N–H and O–H groups in total. The second kappa shape index (κ2) is 14.0. The summed E-state index contributed by atoms with van der Waals surface area (Å²) in [5.74, 6) is 1.03. The predicted molar refractivity (Wildman–Crippen MR) is 206 cm³/mol. The van der Waals surface area contributed by atoms with Crippen molar-refractivity contribution in [2.45, 2.75) is 125 Å². The van der Waals surface area contributed by atoms with E-state index in [2.05, 4.69) is 70.0 Å². The van der Waals surface area contributed by atoms with Gasteiger partial charge in [0.25, 0.3) is 5.95 Å². The average molecular weight is 748 g/mol. The normalized spacial score (nSPS) is 40.4. The van der Waals surface area contributed by atoms with Crippen LogP contribution in [0.4, 0.5) is 5.95 Å². The Morgan fingerprint density at radius 2 is 1.83 bits per heavy atom. The summed E-state index contributed by atoms with van der Waals surface area (Å²) in [7, 11) is 0. The molecule has 11 nitrogen and oxygen atoms in total. The molecule has 2 aromatic rings. The Morgan fingerprint density at radius 3 is 2.48 bits per heavy atom. The van der Waals surface area contributed by atoms with Crippen molar-refractivity contribution in [2.75, 3.05) is 32.2 Å². The molecule has 0 amide bonds. The lowest BCUT2D eigenvalue weighted by molar-refractivity contribution is -0.259. The second-order valence-electron chi connectivity index (χ2n) is 19.3. The Hall–Kier alpha value is -2.86. The summed E-state index contributed by atoms with van der Waals surface area (Å²) in [5.41, 5.74) is 5.71. The first kappa shape index (κ1) is 39.4. The molecule has 2 heterocycles.